The van der Waals surface area contributed by atoms with Gasteiger partial charge in [-0.3, -0.25) is 0 Å². The number of para-hydroxylation sites is 1. The zero-order valence-electron chi connectivity index (χ0n) is 11.0. The molecular formula is C13H19ClN2O2S. The monoisotopic (exact) mass is 302 g/mol. The molecule has 1 fully saturated rings. The Kier molecular flexibility index (Phi) is 4.38. The Morgan fingerprint density at radius 1 is 1.37 bits per heavy atom. The highest BCUT2D eigenvalue weighted by Crippen LogP contribution is 2.31. The molecule has 19 heavy (non-hydrogen) atoms. The number of hydrogen-bond donors (Lipinski definition) is 1. The Bertz CT molecular complexity index is 544. The van der Waals surface area contributed by atoms with E-state index in [4.69, 9.17) is 17.3 Å². The molecule has 2 rings (SSSR count). The number of halogens is 1. The molecule has 0 radical (unpaired) electrons. The first-order valence-corrected chi connectivity index (χ1v) is 8.57. The topological polar surface area (TPSA) is 63.4 Å². The van der Waals surface area contributed by atoms with Gasteiger partial charge in [-0.15, -0.1) is 0 Å². The van der Waals surface area contributed by atoms with Gasteiger partial charge in [0.05, 0.1) is 22.2 Å². The summed E-state index contributed by atoms with van der Waals surface area (Å²) in [5.41, 5.74) is 7.88. The zero-order valence-corrected chi connectivity index (χ0v) is 12.5. The van der Waals surface area contributed by atoms with E-state index in [1.165, 1.54) is 0 Å². The molecular weight excluding hydrogens is 284 g/mol. The van der Waals surface area contributed by atoms with Crippen LogP contribution in [0.5, 0.6) is 0 Å². The van der Waals surface area contributed by atoms with E-state index in [2.05, 4.69) is 4.90 Å². The third-order valence-electron chi connectivity index (χ3n) is 3.27. The van der Waals surface area contributed by atoms with Gasteiger partial charge in [-0.1, -0.05) is 23.7 Å². The fourth-order valence-electron chi connectivity index (χ4n) is 2.36. The highest BCUT2D eigenvalue weighted by Gasteiger charge is 2.24. The normalized spacial score (nSPS) is 20.3. The van der Waals surface area contributed by atoms with E-state index in [0.717, 1.165) is 17.7 Å². The van der Waals surface area contributed by atoms with Gasteiger partial charge >= 0.3 is 0 Å². The third kappa shape index (κ3) is 3.61. The van der Waals surface area contributed by atoms with Gasteiger partial charge in [0.15, 0.2) is 9.84 Å². The van der Waals surface area contributed by atoms with Gasteiger partial charge in [0.2, 0.25) is 0 Å². The molecule has 0 saturated carbocycles. The molecule has 2 N–H and O–H groups in total. The number of sulfone groups is 1. The van der Waals surface area contributed by atoms with E-state index in [1.807, 2.05) is 25.1 Å². The van der Waals surface area contributed by atoms with Gasteiger partial charge in [0.1, 0.15) is 0 Å². The zero-order chi connectivity index (χ0) is 14.0. The van der Waals surface area contributed by atoms with Crippen molar-refractivity contribution in [1.82, 2.24) is 0 Å². The standard InChI is InChI=1S/C13H19ClN2O2S/c1-10(15)9-11-3-2-4-12(14)13(11)16-5-7-19(17,18)8-6-16/h2-4,10H,5-9,15H2,1H3. The maximum absolute atomic E-state index is 11.5. The minimum Gasteiger partial charge on any atom is -0.368 e. The second kappa shape index (κ2) is 5.69. The SMILES string of the molecule is CC(N)Cc1cccc(Cl)c1N1CCS(=O)(=O)CC1. The van der Waals surface area contributed by atoms with Crippen LogP contribution in [-0.2, 0) is 16.3 Å². The van der Waals surface area contributed by atoms with E-state index >= 15 is 0 Å². The van der Waals surface area contributed by atoms with Crippen LogP contribution in [0.4, 0.5) is 5.69 Å². The first-order chi connectivity index (χ1) is 8.89. The fraction of sp³-hybridized carbons (Fsp3) is 0.538. The fourth-order valence-corrected chi connectivity index (χ4v) is 3.88. The summed E-state index contributed by atoms with van der Waals surface area (Å²) in [7, 11) is -2.88. The minimum atomic E-state index is -2.88. The van der Waals surface area contributed by atoms with Crippen molar-refractivity contribution in [3.8, 4) is 0 Å². The average molecular weight is 303 g/mol. The van der Waals surface area contributed by atoms with E-state index < -0.39 is 9.84 Å². The highest BCUT2D eigenvalue weighted by molar-refractivity contribution is 7.91. The van der Waals surface area contributed by atoms with Crippen LogP contribution in [0.3, 0.4) is 0 Å². The van der Waals surface area contributed by atoms with Crippen molar-refractivity contribution in [3.63, 3.8) is 0 Å². The van der Waals surface area contributed by atoms with Crippen molar-refractivity contribution < 1.29 is 8.42 Å². The number of rotatable bonds is 3. The Morgan fingerprint density at radius 3 is 2.58 bits per heavy atom. The van der Waals surface area contributed by atoms with Crippen molar-refractivity contribution >= 4 is 27.1 Å². The van der Waals surface area contributed by atoms with Gasteiger partial charge in [0, 0.05) is 19.1 Å². The molecule has 0 aromatic heterocycles. The summed E-state index contributed by atoms with van der Waals surface area (Å²) in [6.45, 7) is 2.95. The molecule has 1 aromatic carbocycles. The molecule has 0 bridgehead atoms. The van der Waals surface area contributed by atoms with Crippen molar-refractivity contribution in [3.05, 3.63) is 28.8 Å². The lowest BCUT2D eigenvalue weighted by Crippen LogP contribution is -2.41. The molecule has 1 atom stereocenters. The van der Waals surface area contributed by atoms with Gasteiger partial charge < -0.3 is 10.6 Å². The molecule has 1 aliphatic rings. The molecule has 1 saturated heterocycles. The van der Waals surface area contributed by atoms with E-state index in [1.54, 1.807) is 0 Å². The van der Waals surface area contributed by atoms with Crippen LogP contribution in [0.1, 0.15) is 12.5 Å². The number of anilines is 1. The lowest BCUT2D eigenvalue weighted by Gasteiger charge is -2.31. The predicted molar refractivity (Wildman–Crippen MR) is 79.7 cm³/mol. The Labute approximate surface area is 119 Å². The summed E-state index contributed by atoms with van der Waals surface area (Å²) in [5.74, 6) is 0.381. The summed E-state index contributed by atoms with van der Waals surface area (Å²) in [4.78, 5) is 2.06. The largest absolute Gasteiger partial charge is 0.368 e. The Morgan fingerprint density at radius 2 is 2.00 bits per heavy atom. The van der Waals surface area contributed by atoms with E-state index in [-0.39, 0.29) is 17.5 Å². The van der Waals surface area contributed by atoms with Crippen molar-refractivity contribution in [2.75, 3.05) is 29.5 Å². The second-order valence-electron chi connectivity index (χ2n) is 5.07. The summed E-state index contributed by atoms with van der Waals surface area (Å²) in [6, 6.07) is 5.80. The van der Waals surface area contributed by atoms with Crippen LogP contribution < -0.4 is 10.6 Å². The van der Waals surface area contributed by atoms with E-state index in [0.29, 0.717) is 18.1 Å². The minimum absolute atomic E-state index is 0.0470. The Hall–Kier alpha value is -0.780. The number of hydrogen-bond acceptors (Lipinski definition) is 4. The van der Waals surface area contributed by atoms with Crippen LogP contribution in [0.15, 0.2) is 18.2 Å². The molecule has 0 amide bonds. The molecule has 106 valence electrons. The van der Waals surface area contributed by atoms with Gasteiger partial charge in [0.25, 0.3) is 0 Å². The summed E-state index contributed by atoms with van der Waals surface area (Å²) in [6.07, 6.45) is 0.735. The summed E-state index contributed by atoms with van der Waals surface area (Å²) >= 11 is 6.29. The van der Waals surface area contributed by atoms with Crippen LogP contribution >= 0.6 is 11.6 Å². The molecule has 1 unspecified atom stereocenters. The molecule has 4 nitrogen and oxygen atoms in total. The van der Waals surface area contributed by atoms with Crippen LogP contribution in [0, 0.1) is 0 Å². The van der Waals surface area contributed by atoms with Crippen LogP contribution in [0.25, 0.3) is 0 Å². The van der Waals surface area contributed by atoms with Gasteiger partial charge in [-0.05, 0) is 25.0 Å². The van der Waals surface area contributed by atoms with Gasteiger partial charge in [-0.2, -0.15) is 0 Å². The van der Waals surface area contributed by atoms with Crippen molar-refractivity contribution in [1.29, 1.82) is 0 Å². The van der Waals surface area contributed by atoms with Crippen LogP contribution in [0.2, 0.25) is 5.02 Å². The molecule has 1 heterocycles. The lowest BCUT2D eigenvalue weighted by molar-refractivity contribution is 0.586. The quantitative estimate of drug-likeness (QED) is 0.918. The van der Waals surface area contributed by atoms with Crippen molar-refractivity contribution in [2.45, 2.75) is 19.4 Å². The number of nitrogens with zero attached hydrogens (tertiary/aromatic N) is 1. The maximum Gasteiger partial charge on any atom is 0.153 e. The number of nitrogens with two attached hydrogens (primary N) is 1. The summed E-state index contributed by atoms with van der Waals surface area (Å²) in [5, 5.41) is 0.664. The number of benzene rings is 1. The predicted octanol–water partition coefficient (Wildman–Crippen LogP) is 1.46. The molecule has 6 heteroatoms. The van der Waals surface area contributed by atoms with Crippen LogP contribution in [-0.4, -0.2) is 39.1 Å². The van der Waals surface area contributed by atoms with Crippen molar-refractivity contribution in [2.24, 2.45) is 5.73 Å². The van der Waals surface area contributed by atoms with Gasteiger partial charge in [-0.25, -0.2) is 8.42 Å². The first kappa shape index (κ1) is 14.6. The Balaban J connectivity index is 2.28. The third-order valence-corrected chi connectivity index (χ3v) is 5.19. The average Bonchev–Trinajstić information content (AvgIpc) is 2.30. The lowest BCUT2D eigenvalue weighted by atomic mass is 10.0. The maximum atomic E-state index is 11.5. The smallest absolute Gasteiger partial charge is 0.153 e. The molecule has 0 aliphatic carbocycles. The molecule has 1 aliphatic heterocycles. The molecule has 1 aromatic rings. The first-order valence-electron chi connectivity index (χ1n) is 6.37. The van der Waals surface area contributed by atoms with E-state index in [9.17, 15) is 8.42 Å². The second-order valence-corrected chi connectivity index (χ2v) is 7.78. The summed E-state index contributed by atoms with van der Waals surface area (Å²) < 4.78 is 23.0. The highest BCUT2D eigenvalue weighted by atomic mass is 35.5. The molecule has 0 spiro atoms.